The van der Waals surface area contributed by atoms with Crippen LogP contribution in [0.5, 0.6) is 0 Å². The van der Waals surface area contributed by atoms with Gasteiger partial charge in [0.2, 0.25) is 4.80 Å². The zero-order valence-electron chi connectivity index (χ0n) is 14.5. The Hall–Kier alpha value is -2.90. The van der Waals surface area contributed by atoms with Gasteiger partial charge in [0.1, 0.15) is 11.5 Å². The highest BCUT2D eigenvalue weighted by Gasteiger charge is 2.09. The third-order valence-electron chi connectivity index (χ3n) is 3.87. The molecule has 2 aromatic heterocycles. The number of hydrogen-bond donors (Lipinski definition) is 0. The Morgan fingerprint density at radius 1 is 1.04 bits per heavy atom. The summed E-state index contributed by atoms with van der Waals surface area (Å²) in [6, 6.07) is 19.9. The summed E-state index contributed by atoms with van der Waals surface area (Å²) in [5.41, 5.74) is 2.82. The maximum absolute atomic E-state index is 14.1. The molecule has 0 saturated heterocycles. The van der Waals surface area contributed by atoms with E-state index in [1.165, 1.54) is 17.4 Å². The normalized spacial score (nSPS) is 12.0. The third kappa shape index (κ3) is 4.16. The summed E-state index contributed by atoms with van der Waals surface area (Å²) in [6.45, 7) is 0. The fraction of sp³-hybridized carbons (Fsp3) is 0. The molecule has 0 N–H and O–H groups in total. The van der Waals surface area contributed by atoms with Crippen LogP contribution in [0.3, 0.4) is 0 Å². The van der Waals surface area contributed by atoms with Crippen LogP contribution in [0.4, 0.5) is 10.1 Å². The molecule has 0 spiro atoms. The second-order valence-corrected chi connectivity index (χ2v) is 7.54. The highest BCUT2D eigenvalue weighted by molar-refractivity contribution is 9.10. The molecule has 0 aliphatic rings. The van der Waals surface area contributed by atoms with Gasteiger partial charge in [-0.05, 0) is 36.4 Å². The van der Waals surface area contributed by atoms with Crippen LogP contribution in [-0.4, -0.2) is 15.9 Å². The number of pyridine rings is 1. The van der Waals surface area contributed by atoms with E-state index < -0.39 is 0 Å². The molecule has 0 fully saturated rings. The summed E-state index contributed by atoms with van der Waals surface area (Å²) in [5.74, 6) is -0.375. The van der Waals surface area contributed by atoms with Gasteiger partial charge in [-0.3, -0.25) is 4.98 Å². The van der Waals surface area contributed by atoms with Crippen molar-refractivity contribution < 1.29 is 4.39 Å². The Labute approximate surface area is 173 Å². The van der Waals surface area contributed by atoms with Crippen LogP contribution in [0.1, 0.15) is 5.69 Å². The van der Waals surface area contributed by atoms with Crippen LogP contribution in [0.15, 0.2) is 92.9 Å². The van der Waals surface area contributed by atoms with Crippen molar-refractivity contribution in [2.45, 2.75) is 0 Å². The van der Waals surface area contributed by atoms with E-state index in [-0.39, 0.29) is 11.5 Å². The summed E-state index contributed by atoms with van der Waals surface area (Å²) in [6.07, 6.45) is 3.37. The first kappa shape index (κ1) is 18.5. The Bertz CT molecular complexity index is 1200. The van der Waals surface area contributed by atoms with Crippen molar-refractivity contribution in [3.05, 3.63) is 99.1 Å². The molecule has 2 heterocycles. The van der Waals surface area contributed by atoms with Gasteiger partial charge in [0.25, 0.3) is 0 Å². The van der Waals surface area contributed by atoms with Crippen molar-refractivity contribution in [3.8, 4) is 11.3 Å². The lowest BCUT2D eigenvalue weighted by molar-refractivity contribution is 0.628. The number of halogens is 2. The molecule has 138 valence electrons. The number of para-hydroxylation sites is 1. The Balaban J connectivity index is 1.87. The third-order valence-corrected chi connectivity index (χ3v) is 5.18. The lowest BCUT2D eigenvalue weighted by Crippen LogP contribution is -2.12. The Morgan fingerprint density at radius 3 is 2.68 bits per heavy atom. The first-order chi connectivity index (χ1) is 13.7. The molecule has 4 rings (SSSR count). The molecule has 0 aliphatic carbocycles. The molecule has 0 atom stereocenters. The molecule has 0 amide bonds. The molecular formula is C21H14BrFN4S. The second-order valence-electron chi connectivity index (χ2n) is 5.79. The molecule has 4 nitrogen and oxygen atoms in total. The van der Waals surface area contributed by atoms with Gasteiger partial charge in [-0.15, -0.1) is 11.3 Å². The minimum Gasteiger partial charge on any atom is -0.255 e. The van der Waals surface area contributed by atoms with Gasteiger partial charge in [-0.2, -0.15) is 5.10 Å². The van der Waals surface area contributed by atoms with E-state index in [1.807, 2.05) is 47.8 Å². The number of thiazole rings is 1. The van der Waals surface area contributed by atoms with Crippen molar-refractivity contribution in [2.75, 3.05) is 0 Å². The van der Waals surface area contributed by atoms with Gasteiger partial charge >= 0.3 is 0 Å². The summed E-state index contributed by atoms with van der Waals surface area (Å²) < 4.78 is 16.8. The fourth-order valence-electron chi connectivity index (χ4n) is 2.55. The summed E-state index contributed by atoms with van der Waals surface area (Å²) in [5, 5.41) is 6.53. The van der Waals surface area contributed by atoms with Gasteiger partial charge in [0.15, 0.2) is 0 Å². The number of hydrogen-bond acceptors (Lipinski definition) is 4. The smallest absolute Gasteiger partial charge is 0.211 e. The largest absolute Gasteiger partial charge is 0.255 e. The Kier molecular flexibility index (Phi) is 5.55. The van der Waals surface area contributed by atoms with Crippen LogP contribution in [0.25, 0.3) is 11.3 Å². The zero-order chi connectivity index (χ0) is 19.3. The summed E-state index contributed by atoms with van der Waals surface area (Å²) in [7, 11) is 0. The van der Waals surface area contributed by atoms with E-state index in [0.717, 1.165) is 21.4 Å². The highest BCUT2D eigenvalue weighted by atomic mass is 79.9. The van der Waals surface area contributed by atoms with E-state index in [2.05, 4.69) is 31.0 Å². The average molecular weight is 453 g/mol. The number of nitrogens with zero attached hydrogens (tertiary/aromatic N) is 4. The van der Waals surface area contributed by atoms with Crippen LogP contribution in [0, 0.1) is 5.82 Å². The van der Waals surface area contributed by atoms with Gasteiger partial charge in [0, 0.05) is 21.6 Å². The molecule has 4 aromatic rings. The molecule has 28 heavy (non-hydrogen) atoms. The topological polar surface area (TPSA) is 42.5 Å². The monoisotopic (exact) mass is 452 g/mol. The van der Waals surface area contributed by atoms with Crippen molar-refractivity contribution in [3.63, 3.8) is 0 Å². The van der Waals surface area contributed by atoms with E-state index in [9.17, 15) is 4.39 Å². The molecule has 0 saturated carbocycles. The maximum atomic E-state index is 14.1. The van der Waals surface area contributed by atoms with Crippen LogP contribution < -0.4 is 4.80 Å². The van der Waals surface area contributed by atoms with Crippen LogP contribution in [-0.2, 0) is 0 Å². The fourth-order valence-corrected chi connectivity index (χ4v) is 3.80. The lowest BCUT2D eigenvalue weighted by atomic mass is 10.2. The molecule has 0 unspecified atom stereocenters. The Morgan fingerprint density at radius 2 is 1.89 bits per heavy atom. The highest BCUT2D eigenvalue weighted by Crippen LogP contribution is 2.24. The lowest BCUT2D eigenvalue weighted by Gasteiger charge is -2.04. The second kappa shape index (κ2) is 8.41. The molecule has 0 radical (unpaired) electrons. The van der Waals surface area contributed by atoms with Gasteiger partial charge in [0.05, 0.1) is 17.6 Å². The predicted molar refractivity (Wildman–Crippen MR) is 114 cm³/mol. The van der Waals surface area contributed by atoms with Crippen molar-refractivity contribution >= 4 is 39.2 Å². The van der Waals surface area contributed by atoms with E-state index >= 15 is 0 Å². The van der Waals surface area contributed by atoms with Gasteiger partial charge < -0.3 is 0 Å². The van der Waals surface area contributed by atoms with E-state index in [1.54, 1.807) is 35.3 Å². The number of benzene rings is 2. The average Bonchev–Trinajstić information content (AvgIpc) is 3.11. The zero-order valence-corrected chi connectivity index (χ0v) is 16.9. The summed E-state index contributed by atoms with van der Waals surface area (Å²) in [4.78, 5) is 9.31. The van der Waals surface area contributed by atoms with Crippen LogP contribution >= 0.6 is 27.3 Å². The minimum absolute atomic E-state index is 0.270. The van der Waals surface area contributed by atoms with Crippen molar-refractivity contribution in [2.24, 2.45) is 10.1 Å². The molecule has 0 aliphatic heterocycles. The first-order valence-corrected chi connectivity index (χ1v) is 10.1. The first-order valence-electron chi connectivity index (χ1n) is 8.42. The van der Waals surface area contributed by atoms with Crippen LogP contribution in [0.2, 0.25) is 0 Å². The summed E-state index contributed by atoms with van der Waals surface area (Å²) >= 11 is 4.90. The standard InChI is InChI=1S/C21H14BrFN4S/c22-16-7-5-6-15(12-16)20-14-28-21(26-19-10-2-1-9-18(19)23)27(20)25-13-17-8-3-4-11-24-17/h1-14H. The van der Waals surface area contributed by atoms with Gasteiger partial charge in [-0.1, -0.05) is 46.3 Å². The molecular weight excluding hydrogens is 439 g/mol. The predicted octanol–water partition coefficient (Wildman–Crippen LogP) is 5.63. The van der Waals surface area contributed by atoms with Gasteiger partial charge in [-0.25, -0.2) is 14.1 Å². The molecule has 2 aromatic carbocycles. The SMILES string of the molecule is Fc1ccccc1N=c1scc(-c2cccc(Br)c2)n1N=Cc1ccccn1. The number of aromatic nitrogens is 2. The van der Waals surface area contributed by atoms with Crippen molar-refractivity contribution in [1.82, 2.24) is 9.66 Å². The number of rotatable bonds is 4. The molecule has 0 bridgehead atoms. The molecule has 7 heteroatoms. The van der Waals surface area contributed by atoms with E-state index in [0.29, 0.717) is 4.80 Å². The van der Waals surface area contributed by atoms with Crippen molar-refractivity contribution in [1.29, 1.82) is 0 Å². The minimum atomic E-state index is -0.375. The van der Waals surface area contributed by atoms with E-state index in [4.69, 9.17) is 0 Å². The quantitative estimate of drug-likeness (QED) is 0.370. The maximum Gasteiger partial charge on any atom is 0.211 e.